The van der Waals surface area contributed by atoms with Gasteiger partial charge < -0.3 is 5.84 Å². The molecule has 0 aromatic rings. The van der Waals surface area contributed by atoms with Crippen molar-refractivity contribution < 1.29 is 0 Å². The molecule has 0 rings (SSSR count). The maximum atomic E-state index is 4.90. The van der Waals surface area contributed by atoms with Crippen LogP contribution in [0.5, 0.6) is 0 Å². The van der Waals surface area contributed by atoms with Crippen molar-refractivity contribution in [2.45, 2.75) is 13.8 Å². The first-order valence-corrected chi connectivity index (χ1v) is 2.09. The Hall–Kier alpha value is -0.790. The van der Waals surface area contributed by atoms with Crippen molar-refractivity contribution in [3.8, 4) is 0 Å². The smallest absolute Gasteiger partial charge is 0.0592 e. The van der Waals surface area contributed by atoms with Crippen LogP contribution < -0.4 is 5.84 Å². The van der Waals surface area contributed by atoms with Crippen LogP contribution in [0.25, 0.3) is 0 Å². The van der Waals surface area contributed by atoms with Crippen molar-refractivity contribution in [2.24, 2.45) is 10.9 Å². The maximum Gasteiger partial charge on any atom is 0.0592 e. The molecule has 0 aliphatic rings. The molecule has 2 nitrogen and oxygen atoms in total. The first-order chi connectivity index (χ1) is 3.18. The minimum atomic E-state index is 0.806. The Kier molecular flexibility index (Phi) is 2.12. The summed E-state index contributed by atoms with van der Waals surface area (Å²) in [7, 11) is 0. The molecule has 0 heterocycles. The first-order valence-electron chi connectivity index (χ1n) is 2.09. The van der Waals surface area contributed by atoms with Gasteiger partial charge in [-0.3, -0.25) is 0 Å². The van der Waals surface area contributed by atoms with Gasteiger partial charge in [-0.25, -0.2) is 0 Å². The van der Waals surface area contributed by atoms with E-state index in [9.17, 15) is 0 Å². The second-order valence-corrected chi connectivity index (χ2v) is 1.49. The Labute approximate surface area is 43.7 Å². The molecule has 0 atom stereocenters. The molecule has 0 amide bonds. The number of rotatable bonds is 1. The standard InChI is InChI=1S/C5H10N2/c1-4(2)5(3)7-6/h1,6H2,2-3H3. The molecular weight excluding hydrogens is 88.1 g/mol. The molecule has 40 valence electrons. The summed E-state index contributed by atoms with van der Waals surface area (Å²) in [5, 5.41) is 3.41. The highest BCUT2D eigenvalue weighted by Crippen LogP contribution is 1.87. The molecule has 0 spiro atoms. The van der Waals surface area contributed by atoms with Crippen LogP contribution in [-0.2, 0) is 0 Å². The average Bonchev–Trinajstić information content (AvgIpc) is 1.65. The van der Waals surface area contributed by atoms with Crippen molar-refractivity contribution in [3.63, 3.8) is 0 Å². The van der Waals surface area contributed by atoms with Crippen LogP contribution in [0.4, 0.5) is 0 Å². The zero-order chi connectivity index (χ0) is 5.86. The highest BCUT2D eigenvalue weighted by molar-refractivity contribution is 5.96. The van der Waals surface area contributed by atoms with Gasteiger partial charge in [0.25, 0.3) is 0 Å². The number of hydrazone groups is 1. The summed E-state index contributed by atoms with van der Waals surface area (Å²) in [6, 6.07) is 0. The fourth-order valence-electron chi connectivity index (χ4n) is 0.110. The van der Waals surface area contributed by atoms with E-state index in [1.807, 2.05) is 13.8 Å². The van der Waals surface area contributed by atoms with Gasteiger partial charge in [-0.2, -0.15) is 5.10 Å². The fraction of sp³-hybridized carbons (Fsp3) is 0.400. The Bertz CT molecular complexity index is 103. The molecule has 0 aromatic heterocycles. The van der Waals surface area contributed by atoms with Crippen LogP contribution in [0.15, 0.2) is 17.3 Å². The van der Waals surface area contributed by atoms with E-state index in [1.165, 1.54) is 0 Å². The van der Waals surface area contributed by atoms with Crippen LogP contribution in [0, 0.1) is 0 Å². The van der Waals surface area contributed by atoms with Crippen molar-refractivity contribution in [2.75, 3.05) is 0 Å². The predicted molar refractivity (Wildman–Crippen MR) is 32.1 cm³/mol. The van der Waals surface area contributed by atoms with E-state index in [0.29, 0.717) is 0 Å². The van der Waals surface area contributed by atoms with E-state index in [1.54, 1.807) is 0 Å². The van der Waals surface area contributed by atoms with Gasteiger partial charge in [-0.15, -0.1) is 0 Å². The second-order valence-electron chi connectivity index (χ2n) is 1.49. The van der Waals surface area contributed by atoms with Gasteiger partial charge in [0.2, 0.25) is 0 Å². The van der Waals surface area contributed by atoms with Gasteiger partial charge in [0, 0.05) is 0 Å². The number of hydrogen-bond acceptors (Lipinski definition) is 2. The van der Waals surface area contributed by atoms with Gasteiger partial charge in [-0.1, -0.05) is 6.58 Å². The summed E-state index contributed by atoms with van der Waals surface area (Å²) >= 11 is 0. The largest absolute Gasteiger partial charge is 0.323 e. The lowest BCUT2D eigenvalue weighted by Gasteiger charge is -1.90. The normalized spacial score (nSPS) is 11.4. The van der Waals surface area contributed by atoms with E-state index < -0.39 is 0 Å². The Morgan fingerprint density at radius 3 is 2.00 bits per heavy atom. The number of nitrogens with two attached hydrogens (primary N) is 1. The van der Waals surface area contributed by atoms with Gasteiger partial charge >= 0.3 is 0 Å². The predicted octanol–water partition coefficient (Wildman–Crippen LogP) is 0.897. The zero-order valence-corrected chi connectivity index (χ0v) is 4.73. The first kappa shape index (κ1) is 6.21. The molecular formula is C5H10N2. The van der Waals surface area contributed by atoms with Crippen LogP contribution in [0.3, 0.4) is 0 Å². The summed E-state index contributed by atoms with van der Waals surface area (Å²) in [5.41, 5.74) is 1.72. The Balaban J connectivity index is 3.82. The van der Waals surface area contributed by atoms with Crippen molar-refractivity contribution in [1.29, 1.82) is 0 Å². The topological polar surface area (TPSA) is 38.4 Å². The number of nitrogens with zero attached hydrogens (tertiary/aromatic N) is 1. The van der Waals surface area contributed by atoms with E-state index >= 15 is 0 Å². The van der Waals surface area contributed by atoms with Gasteiger partial charge in [0.1, 0.15) is 0 Å². The lowest BCUT2D eigenvalue weighted by atomic mass is 10.2. The number of hydrogen-bond donors (Lipinski definition) is 1. The van der Waals surface area contributed by atoms with E-state index in [2.05, 4.69) is 11.7 Å². The quantitative estimate of drug-likeness (QED) is 0.295. The molecule has 7 heavy (non-hydrogen) atoms. The second kappa shape index (κ2) is 2.39. The monoisotopic (exact) mass is 98.1 g/mol. The minimum absolute atomic E-state index is 0.806. The lowest BCUT2D eigenvalue weighted by Crippen LogP contribution is -1.95. The molecule has 0 saturated heterocycles. The third-order valence-corrected chi connectivity index (χ3v) is 0.811. The molecule has 0 aliphatic carbocycles. The van der Waals surface area contributed by atoms with Crippen LogP contribution in [0.2, 0.25) is 0 Å². The molecule has 0 aromatic carbocycles. The van der Waals surface area contributed by atoms with Crippen molar-refractivity contribution >= 4 is 5.71 Å². The van der Waals surface area contributed by atoms with E-state index in [4.69, 9.17) is 5.84 Å². The molecule has 0 radical (unpaired) electrons. The Morgan fingerprint density at radius 2 is 2.00 bits per heavy atom. The third kappa shape index (κ3) is 1.98. The molecule has 0 unspecified atom stereocenters. The van der Waals surface area contributed by atoms with Crippen LogP contribution >= 0.6 is 0 Å². The highest BCUT2D eigenvalue weighted by atomic mass is 15.1. The SMILES string of the molecule is C=C(C)C(C)=NN. The van der Waals surface area contributed by atoms with E-state index in [0.717, 1.165) is 11.3 Å². The third-order valence-electron chi connectivity index (χ3n) is 0.811. The van der Waals surface area contributed by atoms with Crippen molar-refractivity contribution in [1.82, 2.24) is 0 Å². The summed E-state index contributed by atoms with van der Waals surface area (Å²) in [5.74, 6) is 4.90. The van der Waals surface area contributed by atoms with Crippen molar-refractivity contribution in [3.05, 3.63) is 12.2 Å². The summed E-state index contributed by atoms with van der Waals surface area (Å²) in [6.07, 6.45) is 0. The molecule has 0 fully saturated rings. The maximum absolute atomic E-state index is 4.90. The molecule has 2 heteroatoms. The minimum Gasteiger partial charge on any atom is -0.323 e. The summed E-state index contributed by atoms with van der Waals surface area (Å²) < 4.78 is 0. The highest BCUT2D eigenvalue weighted by Gasteiger charge is 1.84. The van der Waals surface area contributed by atoms with Crippen LogP contribution in [0.1, 0.15) is 13.8 Å². The van der Waals surface area contributed by atoms with Gasteiger partial charge in [-0.05, 0) is 19.4 Å². The molecule has 0 aliphatic heterocycles. The van der Waals surface area contributed by atoms with E-state index in [-0.39, 0.29) is 0 Å². The van der Waals surface area contributed by atoms with Gasteiger partial charge in [0.05, 0.1) is 5.71 Å². The average molecular weight is 98.1 g/mol. The Morgan fingerprint density at radius 1 is 1.57 bits per heavy atom. The molecule has 2 N–H and O–H groups in total. The summed E-state index contributed by atoms with van der Waals surface area (Å²) in [6.45, 7) is 7.30. The zero-order valence-electron chi connectivity index (χ0n) is 4.73. The molecule has 0 saturated carbocycles. The van der Waals surface area contributed by atoms with Crippen LogP contribution in [-0.4, -0.2) is 5.71 Å². The van der Waals surface area contributed by atoms with Gasteiger partial charge in [0.15, 0.2) is 0 Å². The fourth-order valence-corrected chi connectivity index (χ4v) is 0.110. The molecule has 0 bridgehead atoms. The lowest BCUT2D eigenvalue weighted by molar-refractivity contribution is 1.23. The number of allylic oxidation sites excluding steroid dienone is 1. The summed E-state index contributed by atoms with van der Waals surface area (Å²) in [4.78, 5) is 0.